The number of anilines is 1. The van der Waals surface area contributed by atoms with Gasteiger partial charge in [-0.2, -0.15) is 0 Å². The minimum Gasteiger partial charge on any atom is -0.471 e. The SMILES string of the molecule is CCCCCCNNC=O.CCn1c(-c2cccnc2C(C)C)c(CC(C)(C)CO)c2cc(N3CCCCC3)ccc21.COC=O. The van der Waals surface area contributed by atoms with Crippen molar-refractivity contribution in [2.45, 2.75) is 105 Å². The maximum absolute atomic E-state index is 10.1. The lowest BCUT2D eigenvalue weighted by molar-refractivity contribution is -0.126. The summed E-state index contributed by atoms with van der Waals surface area (Å²) in [6.07, 6.45) is 12.2. The number of piperidine rings is 1. The number of unbranched alkanes of at least 4 members (excludes halogenated alkanes) is 3. The standard InChI is InChI=1S/C28H39N3O.C7H16N2O.C2H4O2/c1-6-31-25-13-12-21(30-15-8-7-9-16-30)17-23(25)24(18-28(4,5)19-32)27(31)22-11-10-14-29-26(22)20(2)3;1-2-3-4-5-6-8-9-7-10;1-4-2-3/h10-14,17,20,32H,6-9,15-16,18-19H2,1-5H3;7-8H,2-6H2,1H3,(H,9,10);2H,1H3. The molecule has 256 valence electrons. The first-order valence-corrected chi connectivity index (χ1v) is 17.0. The van der Waals surface area contributed by atoms with Crippen molar-refractivity contribution in [3.63, 3.8) is 0 Å². The minimum absolute atomic E-state index is 0.168. The number of amides is 1. The third-order valence-electron chi connectivity index (χ3n) is 8.33. The van der Waals surface area contributed by atoms with Crippen LogP contribution in [0.2, 0.25) is 0 Å². The Morgan fingerprint density at radius 2 is 1.78 bits per heavy atom. The van der Waals surface area contributed by atoms with E-state index in [0.29, 0.717) is 18.8 Å². The van der Waals surface area contributed by atoms with Gasteiger partial charge in [0, 0.05) is 61.1 Å². The normalized spacial score (nSPS) is 13.0. The lowest BCUT2D eigenvalue weighted by Crippen LogP contribution is -2.30. The number of aliphatic hydroxyl groups is 1. The number of methoxy groups -OCH3 is 1. The van der Waals surface area contributed by atoms with E-state index in [1.165, 1.54) is 79.0 Å². The first-order chi connectivity index (χ1) is 22.2. The molecule has 3 N–H and O–H groups in total. The molecule has 9 nitrogen and oxygen atoms in total. The van der Waals surface area contributed by atoms with Crippen molar-refractivity contribution in [2.75, 3.05) is 38.3 Å². The Hall–Kier alpha value is -3.43. The maximum Gasteiger partial charge on any atom is 0.292 e. The molecule has 3 aromatic rings. The van der Waals surface area contributed by atoms with Gasteiger partial charge in [-0.3, -0.25) is 20.0 Å². The number of nitrogens with zero attached hydrogens (tertiary/aromatic N) is 3. The molecular formula is C37H59N5O4. The molecule has 0 spiro atoms. The Kier molecular flexibility index (Phi) is 17.4. The summed E-state index contributed by atoms with van der Waals surface area (Å²) >= 11 is 0. The van der Waals surface area contributed by atoms with E-state index in [0.717, 1.165) is 44.7 Å². The van der Waals surface area contributed by atoms with Gasteiger partial charge in [0.1, 0.15) is 0 Å². The number of hydrogen-bond acceptors (Lipinski definition) is 7. The maximum atomic E-state index is 10.1. The van der Waals surface area contributed by atoms with Crippen molar-refractivity contribution in [1.29, 1.82) is 0 Å². The number of aliphatic hydroxyl groups excluding tert-OH is 1. The van der Waals surface area contributed by atoms with Crippen molar-refractivity contribution in [3.8, 4) is 11.3 Å². The minimum atomic E-state index is -0.192. The Morgan fingerprint density at radius 3 is 2.37 bits per heavy atom. The number of fused-ring (bicyclic) bond motifs is 1. The molecule has 0 saturated carbocycles. The Morgan fingerprint density at radius 1 is 1.07 bits per heavy atom. The number of nitrogens with one attached hydrogen (secondary N) is 2. The predicted molar refractivity (Wildman–Crippen MR) is 190 cm³/mol. The smallest absolute Gasteiger partial charge is 0.292 e. The molecule has 4 rings (SSSR count). The average molecular weight is 638 g/mol. The Labute approximate surface area is 277 Å². The zero-order chi connectivity index (χ0) is 34.0. The van der Waals surface area contributed by atoms with Crippen LogP contribution in [0.3, 0.4) is 0 Å². The summed E-state index contributed by atoms with van der Waals surface area (Å²) in [7, 11) is 1.31. The summed E-state index contributed by atoms with van der Waals surface area (Å²) in [5.41, 5.74) is 12.6. The van der Waals surface area contributed by atoms with Gasteiger partial charge < -0.3 is 19.3 Å². The highest BCUT2D eigenvalue weighted by atomic mass is 16.5. The van der Waals surface area contributed by atoms with Crippen LogP contribution in [-0.4, -0.2) is 60.9 Å². The van der Waals surface area contributed by atoms with E-state index in [9.17, 15) is 9.90 Å². The van der Waals surface area contributed by atoms with Crippen molar-refractivity contribution in [1.82, 2.24) is 20.4 Å². The Balaban J connectivity index is 0.000000442. The largest absolute Gasteiger partial charge is 0.471 e. The lowest BCUT2D eigenvalue weighted by atomic mass is 9.84. The highest BCUT2D eigenvalue weighted by molar-refractivity contribution is 5.94. The predicted octanol–water partition coefficient (Wildman–Crippen LogP) is 7.00. The van der Waals surface area contributed by atoms with Crippen LogP contribution < -0.4 is 15.8 Å². The van der Waals surface area contributed by atoms with Gasteiger partial charge in [-0.1, -0.05) is 53.9 Å². The molecule has 1 fully saturated rings. The number of rotatable bonds is 15. The summed E-state index contributed by atoms with van der Waals surface area (Å²) in [5.74, 6) is 0.345. The van der Waals surface area contributed by atoms with Crippen molar-refractivity contribution >= 4 is 29.5 Å². The zero-order valence-corrected chi connectivity index (χ0v) is 29.4. The van der Waals surface area contributed by atoms with Crippen molar-refractivity contribution in [3.05, 3.63) is 47.8 Å². The molecule has 9 heteroatoms. The molecule has 0 unspecified atom stereocenters. The molecule has 2 aromatic heterocycles. The van der Waals surface area contributed by atoms with Crippen LogP contribution in [0.25, 0.3) is 22.2 Å². The lowest BCUT2D eigenvalue weighted by Gasteiger charge is -2.29. The summed E-state index contributed by atoms with van der Waals surface area (Å²) in [6, 6.07) is 11.3. The molecule has 1 saturated heterocycles. The summed E-state index contributed by atoms with van der Waals surface area (Å²) in [6.45, 7) is 17.8. The third-order valence-corrected chi connectivity index (χ3v) is 8.33. The van der Waals surface area contributed by atoms with Gasteiger partial charge in [-0.05, 0) is 86.3 Å². The average Bonchev–Trinajstić information content (AvgIpc) is 3.38. The number of hydrazine groups is 1. The van der Waals surface area contributed by atoms with Gasteiger partial charge in [0.2, 0.25) is 6.41 Å². The van der Waals surface area contributed by atoms with Crippen molar-refractivity contribution in [2.24, 2.45) is 5.41 Å². The van der Waals surface area contributed by atoms with Crippen molar-refractivity contribution < 1.29 is 19.4 Å². The summed E-state index contributed by atoms with van der Waals surface area (Å²) in [5, 5.41) is 11.5. The van der Waals surface area contributed by atoms with Gasteiger partial charge in [0.15, 0.2) is 0 Å². The van der Waals surface area contributed by atoms with Crippen LogP contribution in [0.1, 0.15) is 104 Å². The fourth-order valence-corrected chi connectivity index (χ4v) is 5.94. The highest BCUT2D eigenvalue weighted by Gasteiger charge is 2.27. The molecule has 1 amide bonds. The third kappa shape index (κ3) is 11.4. The topological polar surface area (TPSA) is 109 Å². The van der Waals surface area contributed by atoms with Crippen LogP contribution in [0.15, 0.2) is 36.5 Å². The number of carbonyl (C=O) groups is 2. The second kappa shape index (κ2) is 20.6. The Bertz CT molecular complexity index is 1310. The van der Waals surface area contributed by atoms with E-state index in [4.69, 9.17) is 9.78 Å². The molecule has 46 heavy (non-hydrogen) atoms. The van der Waals surface area contributed by atoms with Gasteiger partial charge in [0.05, 0.1) is 18.5 Å². The number of pyridine rings is 1. The number of aryl methyl sites for hydroxylation is 1. The van der Waals surface area contributed by atoms with E-state index in [1.54, 1.807) is 0 Å². The quantitative estimate of drug-likeness (QED) is 0.0935. The van der Waals surface area contributed by atoms with Gasteiger partial charge in [-0.15, -0.1) is 0 Å². The van der Waals surface area contributed by atoms with Crippen LogP contribution in [0, 0.1) is 5.41 Å². The first-order valence-electron chi connectivity index (χ1n) is 17.0. The summed E-state index contributed by atoms with van der Waals surface area (Å²) < 4.78 is 6.32. The molecule has 1 aromatic carbocycles. The van der Waals surface area contributed by atoms with E-state index < -0.39 is 0 Å². The highest BCUT2D eigenvalue weighted by Crippen LogP contribution is 2.41. The molecule has 1 aliphatic rings. The fraction of sp³-hybridized carbons (Fsp3) is 0.595. The molecule has 0 radical (unpaired) electrons. The second-order valence-electron chi connectivity index (χ2n) is 13.0. The number of ether oxygens (including phenoxy) is 1. The molecule has 0 atom stereocenters. The van der Waals surface area contributed by atoms with Crippen LogP contribution in [0.5, 0.6) is 0 Å². The van der Waals surface area contributed by atoms with Crippen LogP contribution in [-0.2, 0) is 27.3 Å². The fourth-order valence-electron chi connectivity index (χ4n) is 5.94. The van der Waals surface area contributed by atoms with Gasteiger partial charge >= 0.3 is 0 Å². The number of hydrogen-bond donors (Lipinski definition) is 3. The van der Waals surface area contributed by atoms with Gasteiger partial charge in [-0.25, -0.2) is 5.43 Å². The molecule has 0 aliphatic carbocycles. The number of aromatic nitrogens is 2. The molecular weight excluding hydrogens is 578 g/mol. The monoisotopic (exact) mass is 637 g/mol. The van der Waals surface area contributed by atoms with E-state index in [1.807, 2.05) is 6.20 Å². The van der Waals surface area contributed by atoms with Gasteiger partial charge in [0.25, 0.3) is 6.47 Å². The zero-order valence-electron chi connectivity index (χ0n) is 29.4. The van der Waals surface area contributed by atoms with Crippen LogP contribution in [0.4, 0.5) is 5.69 Å². The first kappa shape index (κ1) is 38.8. The second-order valence-corrected chi connectivity index (χ2v) is 13.0. The molecule has 1 aliphatic heterocycles. The van der Waals surface area contributed by atoms with Crippen LogP contribution >= 0.6 is 0 Å². The number of carbonyl (C=O) groups excluding carboxylic acids is 2. The van der Waals surface area contributed by atoms with E-state index >= 15 is 0 Å². The van der Waals surface area contributed by atoms with E-state index in [-0.39, 0.29) is 12.0 Å². The number of benzene rings is 1. The molecule has 0 bridgehead atoms. The van der Waals surface area contributed by atoms with E-state index in [2.05, 4.69) is 96.9 Å². The summed E-state index contributed by atoms with van der Waals surface area (Å²) in [4.78, 5) is 26.0. The molecule has 3 heterocycles.